The van der Waals surface area contributed by atoms with Crippen molar-refractivity contribution in [3.05, 3.63) is 0 Å². The second-order valence-corrected chi connectivity index (χ2v) is 5.86. The molecule has 1 rings (SSSR count). The van der Waals surface area contributed by atoms with Crippen LogP contribution in [0, 0.1) is 5.41 Å². The molecule has 0 spiro atoms. The van der Waals surface area contributed by atoms with Crippen LogP contribution in [0.3, 0.4) is 0 Å². The number of amidine groups is 1. The van der Waals surface area contributed by atoms with Crippen molar-refractivity contribution >= 4 is 5.84 Å². The van der Waals surface area contributed by atoms with Crippen molar-refractivity contribution in [3.8, 4) is 0 Å². The second-order valence-electron chi connectivity index (χ2n) is 5.86. The molecule has 0 heterocycles. The molecule has 0 saturated heterocycles. The fourth-order valence-electron chi connectivity index (χ4n) is 2.46. The summed E-state index contributed by atoms with van der Waals surface area (Å²) in [6.07, 6.45) is 5.37. The minimum absolute atomic E-state index is 0.278. The van der Waals surface area contributed by atoms with E-state index in [2.05, 4.69) is 25.8 Å². The summed E-state index contributed by atoms with van der Waals surface area (Å²) in [6, 6.07) is 0. The van der Waals surface area contributed by atoms with E-state index in [0.29, 0.717) is 12.0 Å². The van der Waals surface area contributed by atoms with Gasteiger partial charge in [-0.2, -0.15) is 0 Å². The van der Waals surface area contributed by atoms with Gasteiger partial charge in [0.2, 0.25) is 0 Å². The van der Waals surface area contributed by atoms with Gasteiger partial charge in [-0.3, -0.25) is 4.99 Å². The van der Waals surface area contributed by atoms with E-state index >= 15 is 0 Å². The molecule has 1 fully saturated rings. The van der Waals surface area contributed by atoms with Crippen LogP contribution in [0.4, 0.5) is 0 Å². The van der Waals surface area contributed by atoms with Gasteiger partial charge in [-0.1, -0.05) is 20.8 Å². The highest BCUT2D eigenvalue weighted by Crippen LogP contribution is 2.42. The zero-order valence-electron chi connectivity index (χ0n) is 11.9. The number of hydrogen-bond acceptors (Lipinski definition) is 2. The van der Waals surface area contributed by atoms with Crippen LogP contribution in [0.25, 0.3) is 0 Å². The zero-order chi connectivity index (χ0) is 12.9. The maximum absolute atomic E-state index is 6.17. The lowest BCUT2D eigenvalue weighted by molar-refractivity contribution is -0.0341. The lowest BCUT2D eigenvalue weighted by atomic mass is 9.70. The molecule has 17 heavy (non-hydrogen) atoms. The monoisotopic (exact) mass is 240 g/mol. The first-order chi connectivity index (χ1) is 7.96. The highest BCUT2D eigenvalue weighted by atomic mass is 16.5. The highest BCUT2D eigenvalue weighted by Gasteiger charge is 2.41. The predicted octanol–water partition coefficient (Wildman–Crippen LogP) is 3.13. The van der Waals surface area contributed by atoms with Crippen molar-refractivity contribution in [2.45, 2.75) is 65.4 Å². The lowest BCUT2D eigenvalue weighted by Gasteiger charge is -2.42. The van der Waals surface area contributed by atoms with E-state index < -0.39 is 0 Å². The van der Waals surface area contributed by atoms with Gasteiger partial charge in [0.25, 0.3) is 0 Å². The molecule has 3 nitrogen and oxygen atoms in total. The van der Waals surface area contributed by atoms with E-state index in [1.165, 1.54) is 0 Å². The highest BCUT2D eigenvalue weighted by molar-refractivity contribution is 5.89. The van der Waals surface area contributed by atoms with Crippen LogP contribution in [0.5, 0.6) is 0 Å². The van der Waals surface area contributed by atoms with Crippen LogP contribution in [-0.2, 0) is 4.74 Å². The Morgan fingerprint density at radius 2 is 1.76 bits per heavy atom. The minimum atomic E-state index is -0.278. The Bertz CT molecular complexity index is 261. The summed E-state index contributed by atoms with van der Waals surface area (Å²) >= 11 is 0. The average molecular weight is 240 g/mol. The summed E-state index contributed by atoms with van der Waals surface area (Å²) < 4.78 is 5.97. The molecule has 0 aromatic carbocycles. The van der Waals surface area contributed by atoms with E-state index in [4.69, 9.17) is 10.5 Å². The number of ether oxygens (including phenoxy) is 1. The van der Waals surface area contributed by atoms with Gasteiger partial charge in [-0.05, 0) is 44.4 Å². The molecule has 0 aliphatic heterocycles. The molecular weight excluding hydrogens is 212 g/mol. The van der Waals surface area contributed by atoms with Crippen molar-refractivity contribution in [2.24, 2.45) is 16.1 Å². The third kappa shape index (κ3) is 3.70. The van der Waals surface area contributed by atoms with Crippen molar-refractivity contribution < 1.29 is 4.74 Å². The van der Waals surface area contributed by atoms with Crippen molar-refractivity contribution in [3.63, 3.8) is 0 Å². The quantitative estimate of drug-likeness (QED) is 0.593. The lowest BCUT2D eigenvalue weighted by Crippen LogP contribution is -2.50. The van der Waals surface area contributed by atoms with Gasteiger partial charge in [-0.25, -0.2) is 0 Å². The molecular formula is C14H28N2O. The molecule has 0 bridgehead atoms. The third-order valence-electron chi connectivity index (χ3n) is 3.80. The van der Waals surface area contributed by atoms with Crippen LogP contribution < -0.4 is 5.73 Å². The molecule has 0 aromatic heterocycles. The first-order valence-corrected chi connectivity index (χ1v) is 6.90. The van der Waals surface area contributed by atoms with Crippen LogP contribution in [0.1, 0.15) is 59.8 Å². The van der Waals surface area contributed by atoms with Crippen LogP contribution in [-0.4, -0.2) is 24.6 Å². The van der Waals surface area contributed by atoms with Gasteiger partial charge in [0.1, 0.15) is 11.4 Å². The number of hydrogen-bond donors (Lipinski definition) is 1. The van der Waals surface area contributed by atoms with Gasteiger partial charge in [0.15, 0.2) is 0 Å². The number of rotatable bonds is 5. The molecule has 0 amide bonds. The fraction of sp³-hybridized carbons (Fsp3) is 0.929. The van der Waals surface area contributed by atoms with Gasteiger partial charge < -0.3 is 10.5 Å². The van der Waals surface area contributed by atoms with Crippen LogP contribution in [0.2, 0.25) is 0 Å². The van der Waals surface area contributed by atoms with Crippen molar-refractivity contribution in [1.82, 2.24) is 0 Å². The first-order valence-electron chi connectivity index (χ1n) is 6.90. The maximum Gasteiger partial charge on any atom is 0.126 e. The molecule has 1 aliphatic rings. The Balaban J connectivity index is 2.77. The summed E-state index contributed by atoms with van der Waals surface area (Å²) in [4.78, 5) is 4.47. The topological polar surface area (TPSA) is 47.6 Å². The maximum atomic E-state index is 6.17. The molecule has 0 unspecified atom stereocenters. The molecule has 1 saturated carbocycles. The first kappa shape index (κ1) is 14.5. The van der Waals surface area contributed by atoms with Crippen molar-refractivity contribution in [1.29, 1.82) is 0 Å². The number of nitrogens with zero attached hydrogens (tertiary/aromatic N) is 1. The average Bonchev–Trinajstić information content (AvgIpc) is 2.29. The Morgan fingerprint density at radius 3 is 2.24 bits per heavy atom. The van der Waals surface area contributed by atoms with Crippen LogP contribution in [0.15, 0.2) is 4.99 Å². The van der Waals surface area contributed by atoms with E-state index in [1.54, 1.807) is 0 Å². The Labute approximate surface area is 106 Å². The summed E-state index contributed by atoms with van der Waals surface area (Å²) in [5, 5.41) is 0. The SMILES string of the molecule is CCCN=C(N)C1(OCC)CCC(C)(C)CC1. The zero-order valence-corrected chi connectivity index (χ0v) is 11.9. The summed E-state index contributed by atoms with van der Waals surface area (Å²) in [7, 11) is 0. The smallest absolute Gasteiger partial charge is 0.126 e. The fourth-order valence-corrected chi connectivity index (χ4v) is 2.46. The summed E-state index contributed by atoms with van der Waals surface area (Å²) in [5.74, 6) is 0.719. The van der Waals surface area contributed by atoms with Gasteiger partial charge in [0, 0.05) is 13.2 Å². The van der Waals surface area contributed by atoms with E-state index in [0.717, 1.165) is 44.5 Å². The predicted molar refractivity (Wildman–Crippen MR) is 73.4 cm³/mol. The van der Waals surface area contributed by atoms with Crippen molar-refractivity contribution in [2.75, 3.05) is 13.2 Å². The van der Waals surface area contributed by atoms with Gasteiger partial charge in [-0.15, -0.1) is 0 Å². The van der Waals surface area contributed by atoms with E-state index in [1.807, 2.05) is 6.92 Å². The Kier molecular flexibility index (Phi) is 4.99. The summed E-state index contributed by atoms with van der Waals surface area (Å²) in [5.41, 5.74) is 6.31. The number of aliphatic imine (C=N–C) groups is 1. The van der Waals surface area contributed by atoms with E-state index in [-0.39, 0.29) is 5.60 Å². The summed E-state index contributed by atoms with van der Waals surface area (Å²) in [6.45, 7) is 10.3. The minimum Gasteiger partial charge on any atom is -0.385 e. The van der Waals surface area contributed by atoms with Gasteiger partial charge in [0.05, 0.1) is 0 Å². The second kappa shape index (κ2) is 5.85. The van der Waals surface area contributed by atoms with E-state index in [9.17, 15) is 0 Å². The normalized spacial score (nSPS) is 23.6. The standard InChI is InChI=1S/C14H28N2O/c1-5-11-16-12(15)14(17-6-2)9-7-13(3,4)8-10-14/h5-11H2,1-4H3,(H2,15,16). The third-order valence-corrected chi connectivity index (χ3v) is 3.80. The van der Waals surface area contributed by atoms with Gasteiger partial charge >= 0.3 is 0 Å². The molecule has 1 aliphatic carbocycles. The Hall–Kier alpha value is -0.570. The van der Waals surface area contributed by atoms with Crippen LogP contribution >= 0.6 is 0 Å². The molecule has 0 atom stereocenters. The molecule has 100 valence electrons. The molecule has 3 heteroatoms. The molecule has 2 N–H and O–H groups in total. The Morgan fingerprint density at radius 1 is 1.18 bits per heavy atom. The molecule has 0 radical (unpaired) electrons. The largest absolute Gasteiger partial charge is 0.385 e. The molecule has 0 aromatic rings. The number of nitrogens with two attached hydrogens (primary N) is 1.